The summed E-state index contributed by atoms with van der Waals surface area (Å²) in [6, 6.07) is 0.613. The first-order valence-electron chi connectivity index (χ1n) is 5.81. The minimum atomic E-state index is -0.718. The number of carboxylic acid groups (broad SMARTS) is 1. The highest BCUT2D eigenvalue weighted by Gasteiger charge is 2.27. The van der Waals surface area contributed by atoms with Crippen molar-refractivity contribution >= 4 is 5.97 Å². The van der Waals surface area contributed by atoms with Crippen LogP contribution in [-0.4, -0.2) is 59.6 Å². The van der Waals surface area contributed by atoms with E-state index in [0.717, 1.165) is 26.1 Å². The van der Waals surface area contributed by atoms with Crippen LogP contribution in [0, 0.1) is 0 Å². The summed E-state index contributed by atoms with van der Waals surface area (Å²) >= 11 is 0. The summed E-state index contributed by atoms with van der Waals surface area (Å²) in [6.07, 6.45) is 3.19. The molecule has 0 saturated carbocycles. The van der Waals surface area contributed by atoms with Gasteiger partial charge in [-0.3, -0.25) is 9.69 Å². The maximum atomic E-state index is 10.8. The zero-order valence-electron chi connectivity index (χ0n) is 10.2. The lowest BCUT2D eigenvalue weighted by molar-refractivity contribution is -0.138. The summed E-state index contributed by atoms with van der Waals surface area (Å²) in [4.78, 5) is 15.3. The Morgan fingerprint density at radius 2 is 2.31 bits per heavy atom. The van der Waals surface area contributed by atoms with Gasteiger partial charge in [0.1, 0.15) is 0 Å². The Balaban J connectivity index is 2.67. The van der Waals surface area contributed by atoms with E-state index in [1.165, 1.54) is 0 Å². The molecule has 0 aromatic rings. The van der Waals surface area contributed by atoms with Crippen molar-refractivity contribution in [1.29, 1.82) is 0 Å². The summed E-state index contributed by atoms with van der Waals surface area (Å²) in [6.45, 7) is 8.57. The van der Waals surface area contributed by atoms with Crippen LogP contribution in [0.25, 0.3) is 0 Å². The van der Waals surface area contributed by atoms with Crippen molar-refractivity contribution in [1.82, 2.24) is 9.80 Å². The second-order valence-corrected chi connectivity index (χ2v) is 4.61. The van der Waals surface area contributed by atoms with Gasteiger partial charge >= 0.3 is 5.97 Å². The summed E-state index contributed by atoms with van der Waals surface area (Å²) in [5.41, 5.74) is 0. The molecule has 4 nitrogen and oxygen atoms in total. The number of likely N-dealkylation sites (N-methyl/N-ethyl adjacent to an activating group) is 1. The standard InChI is InChI=1S/C12H22N2O2/c1-4-6-14-9-11(8-12(15)16)13(3)7-5-10(14)2/h4,10-11H,1,5-9H2,2-3H3,(H,15,16). The quantitative estimate of drug-likeness (QED) is 0.727. The van der Waals surface area contributed by atoms with E-state index in [2.05, 4.69) is 23.3 Å². The van der Waals surface area contributed by atoms with Crippen molar-refractivity contribution in [3.8, 4) is 0 Å². The first kappa shape index (κ1) is 13.2. The van der Waals surface area contributed by atoms with Gasteiger partial charge in [0.25, 0.3) is 0 Å². The Morgan fingerprint density at radius 3 is 2.88 bits per heavy atom. The predicted octanol–water partition coefficient (Wildman–Crippen LogP) is 1.04. The number of nitrogens with zero attached hydrogens (tertiary/aromatic N) is 2. The zero-order chi connectivity index (χ0) is 12.1. The topological polar surface area (TPSA) is 43.8 Å². The van der Waals surface area contributed by atoms with Crippen LogP contribution in [-0.2, 0) is 4.79 Å². The first-order chi connectivity index (χ1) is 7.54. The van der Waals surface area contributed by atoms with Crippen LogP contribution >= 0.6 is 0 Å². The van der Waals surface area contributed by atoms with E-state index in [1.807, 2.05) is 13.1 Å². The number of hydrogen-bond donors (Lipinski definition) is 1. The highest BCUT2D eigenvalue weighted by molar-refractivity contribution is 5.67. The number of aliphatic carboxylic acids is 1. The molecule has 2 atom stereocenters. The highest BCUT2D eigenvalue weighted by atomic mass is 16.4. The molecule has 0 aromatic carbocycles. The normalized spacial score (nSPS) is 28.6. The van der Waals surface area contributed by atoms with Crippen molar-refractivity contribution in [3.63, 3.8) is 0 Å². The monoisotopic (exact) mass is 226 g/mol. The number of carboxylic acids is 1. The molecular formula is C12H22N2O2. The number of hydrogen-bond acceptors (Lipinski definition) is 3. The average molecular weight is 226 g/mol. The Bertz CT molecular complexity index is 255. The molecule has 0 spiro atoms. The van der Waals surface area contributed by atoms with Gasteiger partial charge in [0.2, 0.25) is 0 Å². The van der Waals surface area contributed by atoms with Gasteiger partial charge < -0.3 is 10.0 Å². The molecule has 0 aromatic heterocycles. The summed E-state index contributed by atoms with van der Waals surface area (Å²) in [5, 5.41) is 8.89. The maximum absolute atomic E-state index is 10.8. The molecule has 0 bridgehead atoms. The fourth-order valence-electron chi connectivity index (χ4n) is 2.19. The molecule has 0 aliphatic carbocycles. The molecule has 0 amide bonds. The molecular weight excluding hydrogens is 204 g/mol. The van der Waals surface area contributed by atoms with Gasteiger partial charge in [-0.15, -0.1) is 6.58 Å². The molecule has 16 heavy (non-hydrogen) atoms. The summed E-state index contributed by atoms with van der Waals surface area (Å²) < 4.78 is 0. The van der Waals surface area contributed by atoms with Gasteiger partial charge in [0, 0.05) is 25.2 Å². The van der Waals surface area contributed by atoms with Crippen LogP contribution in [0.15, 0.2) is 12.7 Å². The molecule has 0 radical (unpaired) electrons. The minimum Gasteiger partial charge on any atom is -0.481 e. The van der Waals surface area contributed by atoms with Gasteiger partial charge in [-0.1, -0.05) is 6.08 Å². The Labute approximate surface area is 97.5 Å². The van der Waals surface area contributed by atoms with Crippen LogP contribution < -0.4 is 0 Å². The van der Waals surface area contributed by atoms with E-state index in [0.29, 0.717) is 6.04 Å². The third kappa shape index (κ3) is 3.61. The van der Waals surface area contributed by atoms with Crippen molar-refractivity contribution < 1.29 is 9.90 Å². The molecule has 92 valence electrons. The molecule has 1 fully saturated rings. The number of carbonyl (C=O) groups is 1. The SMILES string of the molecule is C=CCN1CC(CC(=O)O)N(C)CCC1C. The van der Waals surface area contributed by atoms with Crippen molar-refractivity contribution in [2.45, 2.75) is 31.8 Å². The van der Waals surface area contributed by atoms with Crippen molar-refractivity contribution in [2.75, 3.05) is 26.7 Å². The van der Waals surface area contributed by atoms with E-state index in [1.54, 1.807) is 0 Å². The molecule has 1 aliphatic rings. The van der Waals surface area contributed by atoms with E-state index in [9.17, 15) is 4.79 Å². The largest absolute Gasteiger partial charge is 0.481 e. The van der Waals surface area contributed by atoms with Crippen LogP contribution in [0.1, 0.15) is 19.8 Å². The Hall–Kier alpha value is -0.870. The second kappa shape index (κ2) is 6.01. The smallest absolute Gasteiger partial charge is 0.304 e. The maximum Gasteiger partial charge on any atom is 0.304 e. The number of rotatable bonds is 4. The zero-order valence-corrected chi connectivity index (χ0v) is 10.2. The lowest BCUT2D eigenvalue weighted by atomic mass is 10.1. The predicted molar refractivity (Wildman–Crippen MR) is 64.5 cm³/mol. The first-order valence-corrected chi connectivity index (χ1v) is 5.81. The molecule has 1 N–H and O–H groups in total. The third-order valence-corrected chi connectivity index (χ3v) is 3.37. The molecule has 1 saturated heterocycles. The summed E-state index contributed by atoms with van der Waals surface area (Å²) in [7, 11) is 2.01. The molecule has 2 unspecified atom stereocenters. The fourth-order valence-corrected chi connectivity index (χ4v) is 2.19. The molecule has 1 rings (SSSR count). The van der Waals surface area contributed by atoms with Gasteiger partial charge in [-0.25, -0.2) is 0 Å². The van der Waals surface area contributed by atoms with Gasteiger partial charge in [0.05, 0.1) is 6.42 Å². The van der Waals surface area contributed by atoms with Crippen molar-refractivity contribution in [2.24, 2.45) is 0 Å². The molecule has 1 aliphatic heterocycles. The Morgan fingerprint density at radius 1 is 1.62 bits per heavy atom. The minimum absolute atomic E-state index is 0.113. The molecule has 1 heterocycles. The van der Waals surface area contributed by atoms with Crippen molar-refractivity contribution in [3.05, 3.63) is 12.7 Å². The highest BCUT2D eigenvalue weighted by Crippen LogP contribution is 2.16. The van der Waals surface area contributed by atoms with E-state index < -0.39 is 5.97 Å². The fraction of sp³-hybridized carbons (Fsp3) is 0.750. The molecule has 4 heteroatoms. The van der Waals surface area contributed by atoms with Crippen LogP contribution in [0.3, 0.4) is 0 Å². The Kier molecular flexibility index (Phi) is 4.96. The van der Waals surface area contributed by atoms with Crippen LogP contribution in [0.4, 0.5) is 0 Å². The van der Waals surface area contributed by atoms with E-state index >= 15 is 0 Å². The average Bonchev–Trinajstić information content (AvgIpc) is 2.33. The van der Waals surface area contributed by atoms with Gasteiger partial charge in [-0.2, -0.15) is 0 Å². The van der Waals surface area contributed by atoms with Gasteiger partial charge in [-0.05, 0) is 26.9 Å². The second-order valence-electron chi connectivity index (χ2n) is 4.61. The lowest BCUT2D eigenvalue weighted by Crippen LogP contribution is -2.42. The van der Waals surface area contributed by atoms with E-state index in [4.69, 9.17) is 5.11 Å². The lowest BCUT2D eigenvalue weighted by Gasteiger charge is -2.29. The summed E-state index contributed by atoms with van der Waals surface area (Å²) in [5.74, 6) is -0.718. The van der Waals surface area contributed by atoms with E-state index in [-0.39, 0.29) is 12.5 Å². The van der Waals surface area contributed by atoms with Crippen LogP contribution in [0.5, 0.6) is 0 Å². The van der Waals surface area contributed by atoms with Crippen LogP contribution in [0.2, 0.25) is 0 Å². The third-order valence-electron chi connectivity index (χ3n) is 3.37. The van der Waals surface area contributed by atoms with Gasteiger partial charge in [0.15, 0.2) is 0 Å².